The minimum Gasteiger partial charge on any atom is -0.448 e. The van der Waals surface area contributed by atoms with Gasteiger partial charge >= 0.3 is 5.97 Å². The van der Waals surface area contributed by atoms with Crippen molar-refractivity contribution in [3.8, 4) is 0 Å². The molecule has 0 aliphatic carbocycles. The quantitative estimate of drug-likeness (QED) is 0.308. The van der Waals surface area contributed by atoms with E-state index in [4.69, 9.17) is 0 Å². The molecule has 0 rings (SSSR count). The van der Waals surface area contributed by atoms with Crippen molar-refractivity contribution in [1.29, 1.82) is 0 Å². The first-order chi connectivity index (χ1) is 3.66. The number of hydrogen-bond donors (Lipinski definition) is 0. The number of esters is 1. The summed E-state index contributed by atoms with van der Waals surface area (Å²) in [7, 11) is 0. The van der Waals surface area contributed by atoms with Crippen LogP contribution in [0, 0.1) is 0 Å². The standard InChI is InChI=1S/C5H7IO2/c1-3-5(6)8-4(2)7/h3,5H,1H2,2H3. The van der Waals surface area contributed by atoms with Crippen LogP contribution in [-0.4, -0.2) is 10.1 Å². The number of carbonyl (C=O) groups is 1. The number of rotatable bonds is 2. The van der Waals surface area contributed by atoms with Gasteiger partial charge in [0.2, 0.25) is 0 Å². The van der Waals surface area contributed by atoms with E-state index in [1.807, 2.05) is 22.6 Å². The van der Waals surface area contributed by atoms with Crippen LogP contribution in [0.5, 0.6) is 0 Å². The van der Waals surface area contributed by atoms with Gasteiger partial charge in [0.1, 0.15) is 0 Å². The lowest BCUT2D eigenvalue weighted by Crippen LogP contribution is -2.04. The summed E-state index contributed by atoms with van der Waals surface area (Å²) in [4.78, 5) is 10.1. The van der Waals surface area contributed by atoms with Crippen LogP contribution in [0.3, 0.4) is 0 Å². The second kappa shape index (κ2) is 3.88. The second-order valence-electron chi connectivity index (χ2n) is 1.20. The highest BCUT2D eigenvalue weighted by Crippen LogP contribution is 2.02. The zero-order chi connectivity index (χ0) is 6.57. The third-order valence-corrected chi connectivity index (χ3v) is 1.23. The van der Waals surface area contributed by atoms with Crippen molar-refractivity contribution in [3.05, 3.63) is 12.7 Å². The monoisotopic (exact) mass is 226 g/mol. The maximum atomic E-state index is 10.1. The number of halogens is 1. The number of alkyl halides is 1. The molecule has 0 aromatic heterocycles. The lowest BCUT2D eigenvalue weighted by Gasteiger charge is -2.01. The van der Waals surface area contributed by atoms with Crippen molar-refractivity contribution in [3.63, 3.8) is 0 Å². The fourth-order valence-electron chi connectivity index (χ4n) is 0.207. The smallest absolute Gasteiger partial charge is 0.304 e. The maximum Gasteiger partial charge on any atom is 0.304 e. The summed E-state index contributed by atoms with van der Waals surface area (Å²) in [6.45, 7) is 4.80. The normalized spacial score (nSPS) is 12.2. The average Bonchev–Trinajstić information content (AvgIpc) is 1.65. The van der Waals surface area contributed by atoms with Crippen molar-refractivity contribution in [2.24, 2.45) is 0 Å². The maximum absolute atomic E-state index is 10.1. The fraction of sp³-hybridized carbons (Fsp3) is 0.400. The van der Waals surface area contributed by atoms with Crippen LogP contribution in [0.2, 0.25) is 0 Å². The molecule has 0 fully saturated rings. The van der Waals surface area contributed by atoms with Gasteiger partial charge in [0.05, 0.1) is 0 Å². The Bertz CT molecular complexity index is 101. The molecule has 0 heterocycles. The van der Waals surface area contributed by atoms with Crippen molar-refractivity contribution in [2.75, 3.05) is 0 Å². The van der Waals surface area contributed by atoms with Gasteiger partial charge in [0, 0.05) is 6.92 Å². The Hall–Kier alpha value is -0.0600. The van der Waals surface area contributed by atoms with Gasteiger partial charge in [-0.2, -0.15) is 0 Å². The first-order valence-corrected chi connectivity index (χ1v) is 3.35. The van der Waals surface area contributed by atoms with E-state index in [0.717, 1.165) is 0 Å². The number of ether oxygens (including phenoxy) is 1. The van der Waals surface area contributed by atoms with Crippen molar-refractivity contribution in [1.82, 2.24) is 0 Å². The fourth-order valence-corrected chi connectivity index (χ4v) is 0.565. The molecule has 0 saturated carbocycles. The lowest BCUT2D eigenvalue weighted by atomic mass is 10.7. The van der Waals surface area contributed by atoms with Gasteiger partial charge in [-0.3, -0.25) is 4.79 Å². The van der Waals surface area contributed by atoms with E-state index in [1.165, 1.54) is 6.92 Å². The molecule has 0 aromatic rings. The van der Waals surface area contributed by atoms with Crippen LogP contribution in [0.4, 0.5) is 0 Å². The van der Waals surface area contributed by atoms with E-state index < -0.39 is 0 Å². The third kappa shape index (κ3) is 4.11. The Labute approximate surface area is 62.0 Å². The van der Waals surface area contributed by atoms with E-state index in [1.54, 1.807) is 6.08 Å². The molecular weight excluding hydrogens is 219 g/mol. The zero-order valence-corrected chi connectivity index (χ0v) is 6.71. The van der Waals surface area contributed by atoms with Crippen LogP contribution in [-0.2, 0) is 9.53 Å². The molecule has 1 atom stereocenters. The highest BCUT2D eigenvalue weighted by Gasteiger charge is 1.98. The molecule has 2 nitrogen and oxygen atoms in total. The molecule has 0 aliphatic rings. The van der Waals surface area contributed by atoms with Gasteiger partial charge in [0.25, 0.3) is 0 Å². The molecule has 0 bridgehead atoms. The average molecular weight is 226 g/mol. The molecular formula is C5H7IO2. The first-order valence-electron chi connectivity index (χ1n) is 2.10. The summed E-state index contributed by atoms with van der Waals surface area (Å²) in [6.07, 6.45) is 1.56. The van der Waals surface area contributed by atoms with Crippen LogP contribution in [0.1, 0.15) is 6.92 Å². The van der Waals surface area contributed by atoms with Crippen molar-refractivity contribution < 1.29 is 9.53 Å². The predicted molar refractivity (Wildman–Crippen MR) is 39.8 cm³/mol. The summed E-state index contributed by atoms with van der Waals surface area (Å²) < 4.78 is 4.44. The summed E-state index contributed by atoms with van der Waals surface area (Å²) in [5.74, 6) is -0.274. The minimum atomic E-state index is -0.274. The summed E-state index contributed by atoms with van der Waals surface area (Å²) in [6, 6.07) is 0. The van der Waals surface area contributed by atoms with Crippen LogP contribution >= 0.6 is 22.6 Å². The number of carbonyl (C=O) groups excluding carboxylic acids is 1. The summed E-state index contributed by atoms with van der Waals surface area (Å²) in [5.41, 5.74) is 0. The van der Waals surface area contributed by atoms with E-state index >= 15 is 0 Å². The second-order valence-corrected chi connectivity index (χ2v) is 2.42. The first kappa shape index (κ1) is 7.94. The van der Waals surface area contributed by atoms with Gasteiger partial charge in [-0.1, -0.05) is 6.58 Å². The molecule has 1 unspecified atom stereocenters. The molecule has 0 spiro atoms. The van der Waals surface area contributed by atoms with Crippen LogP contribution in [0.15, 0.2) is 12.7 Å². The summed E-state index contributed by atoms with van der Waals surface area (Å²) in [5, 5.41) is 0. The Balaban J connectivity index is 3.38. The Kier molecular flexibility index (Phi) is 3.85. The lowest BCUT2D eigenvalue weighted by molar-refractivity contribution is -0.140. The highest BCUT2D eigenvalue weighted by atomic mass is 127. The van der Waals surface area contributed by atoms with Gasteiger partial charge in [-0.15, -0.1) is 0 Å². The Morgan fingerprint density at radius 3 is 2.62 bits per heavy atom. The SMILES string of the molecule is C=CC(I)OC(C)=O. The van der Waals surface area contributed by atoms with Crippen LogP contribution < -0.4 is 0 Å². The molecule has 0 aromatic carbocycles. The zero-order valence-electron chi connectivity index (χ0n) is 4.56. The van der Waals surface area contributed by atoms with Crippen molar-refractivity contribution in [2.45, 2.75) is 11.0 Å². The van der Waals surface area contributed by atoms with E-state index in [-0.39, 0.29) is 10.1 Å². The van der Waals surface area contributed by atoms with Gasteiger partial charge in [0.15, 0.2) is 4.11 Å². The Morgan fingerprint density at radius 2 is 2.50 bits per heavy atom. The molecule has 3 heteroatoms. The van der Waals surface area contributed by atoms with Crippen molar-refractivity contribution >= 4 is 28.6 Å². The molecule has 0 radical (unpaired) electrons. The van der Waals surface area contributed by atoms with Gasteiger partial charge in [-0.05, 0) is 28.7 Å². The third-order valence-electron chi connectivity index (χ3n) is 0.464. The molecule has 0 N–H and O–H groups in total. The highest BCUT2D eigenvalue weighted by molar-refractivity contribution is 14.1. The topological polar surface area (TPSA) is 26.3 Å². The predicted octanol–water partition coefficient (Wildman–Crippen LogP) is 1.50. The molecule has 46 valence electrons. The molecule has 0 amide bonds. The number of hydrogen-bond acceptors (Lipinski definition) is 2. The molecule has 0 saturated heterocycles. The Morgan fingerprint density at radius 1 is 2.00 bits per heavy atom. The van der Waals surface area contributed by atoms with Gasteiger partial charge in [-0.25, -0.2) is 0 Å². The van der Waals surface area contributed by atoms with Gasteiger partial charge < -0.3 is 4.74 Å². The van der Waals surface area contributed by atoms with E-state index in [2.05, 4.69) is 11.3 Å². The van der Waals surface area contributed by atoms with E-state index in [0.29, 0.717) is 0 Å². The van der Waals surface area contributed by atoms with E-state index in [9.17, 15) is 4.79 Å². The largest absolute Gasteiger partial charge is 0.448 e. The molecule has 0 aliphatic heterocycles. The minimum absolute atomic E-state index is 0.190. The van der Waals surface area contributed by atoms with Crippen LogP contribution in [0.25, 0.3) is 0 Å². The summed E-state index contributed by atoms with van der Waals surface area (Å²) >= 11 is 1.96. The molecule has 8 heavy (non-hydrogen) atoms.